The second-order valence-corrected chi connectivity index (χ2v) is 6.65. The Morgan fingerprint density at radius 3 is 2.25 bits per heavy atom. The van der Waals surface area contributed by atoms with Crippen LogP contribution >= 0.6 is 15.9 Å². The summed E-state index contributed by atoms with van der Waals surface area (Å²) in [5.74, 6) is -0.221. The quantitative estimate of drug-likeness (QED) is 0.852. The van der Waals surface area contributed by atoms with Crippen LogP contribution in [-0.4, -0.2) is 24.2 Å². The molecule has 20 heavy (non-hydrogen) atoms. The third kappa shape index (κ3) is 2.97. The molecule has 0 unspecified atom stereocenters. The Bertz CT molecular complexity index is 527. The number of anilines is 1. The van der Waals surface area contributed by atoms with Gasteiger partial charge in [0.2, 0.25) is 0 Å². The fraction of sp³-hybridized carbons (Fsp3) is 0.533. The molecular formula is C15H17BrFNO2. The summed E-state index contributed by atoms with van der Waals surface area (Å²) in [7, 11) is 0. The molecule has 0 atom stereocenters. The van der Waals surface area contributed by atoms with Crippen molar-refractivity contribution in [1.29, 1.82) is 0 Å². The highest BCUT2D eigenvalue weighted by atomic mass is 79.9. The minimum absolute atomic E-state index is 0.0240. The van der Waals surface area contributed by atoms with E-state index in [4.69, 9.17) is 5.11 Å². The number of carboxylic acids is 1. The second kappa shape index (κ2) is 5.35. The number of carboxylic acid groups (broad SMARTS) is 1. The van der Waals surface area contributed by atoms with E-state index in [2.05, 4.69) is 20.8 Å². The Labute approximate surface area is 125 Å². The minimum Gasteiger partial charge on any atom is -0.478 e. The maximum atomic E-state index is 14.5. The van der Waals surface area contributed by atoms with Crippen LogP contribution in [0.25, 0.3) is 0 Å². The topological polar surface area (TPSA) is 40.5 Å². The molecule has 3 rings (SSSR count). The minimum atomic E-state index is -1.11. The molecule has 0 aromatic heterocycles. The van der Waals surface area contributed by atoms with Crippen molar-refractivity contribution < 1.29 is 14.3 Å². The Morgan fingerprint density at radius 2 is 1.80 bits per heavy atom. The molecule has 2 fully saturated rings. The molecule has 5 heteroatoms. The van der Waals surface area contributed by atoms with E-state index in [1.807, 2.05) is 0 Å². The highest BCUT2D eigenvalue weighted by Gasteiger charge is 2.31. The molecule has 2 saturated carbocycles. The van der Waals surface area contributed by atoms with Gasteiger partial charge in [-0.1, -0.05) is 0 Å². The van der Waals surface area contributed by atoms with E-state index in [1.54, 1.807) is 6.07 Å². The van der Waals surface area contributed by atoms with E-state index in [0.29, 0.717) is 17.5 Å². The summed E-state index contributed by atoms with van der Waals surface area (Å²) in [6.45, 7) is 1.76. The molecule has 0 aliphatic heterocycles. The van der Waals surface area contributed by atoms with Crippen molar-refractivity contribution >= 4 is 27.6 Å². The van der Waals surface area contributed by atoms with Crippen molar-refractivity contribution in [3.63, 3.8) is 0 Å². The molecule has 2 aliphatic rings. The van der Waals surface area contributed by atoms with Crippen LogP contribution in [-0.2, 0) is 0 Å². The van der Waals surface area contributed by atoms with Gasteiger partial charge in [0, 0.05) is 13.1 Å². The molecular weight excluding hydrogens is 325 g/mol. The number of rotatable bonds is 6. The monoisotopic (exact) mass is 341 g/mol. The lowest BCUT2D eigenvalue weighted by Crippen LogP contribution is -2.29. The van der Waals surface area contributed by atoms with E-state index < -0.39 is 11.8 Å². The van der Waals surface area contributed by atoms with E-state index in [1.165, 1.54) is 31.7 Å². The zero-order valence-corrected chi connectivity index (χ0v) is 12.7. The van der Waals surface area contributed by atoms with Gasteiger partial charge in [-0.25, -0.2) is 9.18 Å². The van der Waals surface area contributed by atoms with Crippen molar-refractivity contribution in [3.8, 4) is 0 Å². The first-order chi connectivity index (χ1) is 9.56. The molecule has 1 aromatic carbocycles. The lowest BCUT2D eigenvalue weighted by atomic mass is 10.1. The molecule has 108 valence electrons. The average molecular weight is 342 g/mol. The number of hydrogen-bond donors (Lipinski definition) is 1. The molecule has 3 nitrogen and oxygen atoms in total. The van der Waals surface area contributed by atoms with Gasteiger partial charge in [0.05, 0.1) is 15.7 Å². The summed E-state index contributed by atoms with van der Waals surface area (Å²) in [5.41, 5.74) is 0.504. The largest absolute Gasteiger partial charge is 0.478 e. The zero-order valence-electron chi connectivity index (χ0n) is 11.1. The normalized spacial score (nSPS) is 18.1. The number of nitrogens with zero attached hydrogens (tertiary/aromatic N) is 1. The summed E-state index contributed by atoms with van der Waals surface area (Å²) < 4.78 is 14.5. The summed E-state index contributed by atoms with van der Waals surface area (Å²) >= 11 is 3.08. The molecule has 1 N–H and O–H groups in total. The van der Waals surface area contributed by atoms with Crippen molar-refractivity contribution in [2.45, 2.75) is 25.7 Å². The van der Waals surface area contributed by atoms with Crippen molar-refractivity contribution in [2.24, 2.45) is 11.8 Å². The van der Waals surface area contributed by atoms with Crippen LogP contribution in [0.3, 0.4) is 0 Å². The summed E-state index contributed by atoms with van der Waals surface area (Å²) in [5, 5.41) is 9.02. The predicted molar refractivity (Wildman–Crippen MR) is 78.7 cm³/mol. The third-order valence-electron chi connectivity index (χ3n) is 3.98. The smallest absolute Gasteiger partial charge is 0.336 e. The van der Waals surface area contributed by atoms with E-state index >= 15 is 0 Å². The second-order valence-electron chi connectivity index (χ2n) is 5.86. The highest BCUT2D eigenvalue weighted by molar-refractivity contribution is 9.10. The van der Waals surface area contributed by atoms with Crippen molar-refractivity contribution in [1.82, 2.24) is 0 Å². The first-order valence-electron chi connectivity index (χ1n) is 7.02. The first-order valence-corrected chi connectivity index (χ1v) is 7.81. The Hall–Kier alpha value is -1.10. The van der Waals surface area contributed by atoms with E-state index in [9.17, 15) is 9.18 Å². The highest BCUT2D eigenvalue weighted by Crippen LogP contribution is 2.38. The molecule has 2 aliphatic carbocycles. The first kappa shape index (κ1) is 13.9. The van der Waals surface area contributed by atoms with Crippen LogP contribution in [0, 0.1) is 17.7 Å². The van der Waals surface area contributed by atoms with Gasteiger partial charge in [0.1, 0.15) is 0 Å². The molecule has 0 amide bonds. The van der Waals surface area contributed by atoms with Crippen molar-refractivity contribution in [3.05, 3.63) is 28.0 Å². The van der Waals surface area contributed by atoms with Gasteiger partial charge in [0.25, 0.3) is 0 Å². The van der Waals surface area contributed by atoms with Gasteiger partial charge >= 0.3 is 5.97 Å². The predicted octanol–water partition coefficient (Wildman–Crippen LogP) is 3.91. The third-order valence-corrected chi connectivity index (χ3v) is 4.76. The van der Waals surface area contributed by atoms with Crippen LogP contribution in [0.4, 0.5) is 10.1 Å². The number of carbonyl (C=O) groups is 1. The number of halogens is 2. The van der Waals surface area contributed by atoms with Crippen LogP contribution in [0.5, 0.6) is 0 Å². The maximum Gasteiger partial charge on any atom is 0.336 e. The summed E-state index contributed by atoms with van der Waals surface area (Å²) in [6.07, 6.45) is 4.88. The van der Waals surface area contributed by atoms with Crippen LogP contribution in [0.2, 0.25) is 0 Å². The summed E-state index contributed by atoms with van der Waals surface area (Å²) in [6, 6.07) is 3.09. The maximum absolute atomic E-state index is 14.5. The Balaban J connectivity index is 1.88. The van der Waals surface area contributed by atoms with Crippen LogP contribution in [0.1, 0.15) is 36.0 Å². The van der Waals surface area contributed by atoms with E-state index in [0.717, 1.165) is 13.1 Å². The molecule has 0 saturated heterocycles. The summed E-state index contributed by atoms with van der Waals surface area (Å²) in [4.78, 5) is 13.1. The molecule has 0 bridgehead atoms. The van der Waals surface area contributed by atoms with Gasteiger partial charge in [-0.05, 0) is 65.6 Å². The molecule has 0 spiro atoms. The van der Waals surface area contributed by atoms with Gasteiger partial charge in [-0.2, -0.15) is 0 Å². The Kier molecular flexibility index (Phi) is 3.71. The molecule has 1 aromatic rings. The fourth-order valence-electron chi connectivity index (χ4n) is 2.44. The molecule has 0 heterocycles. The van der Waals surface area contributed by atoms with E-state index in [-0.39, 0.29) is 10.0 Å². The lowest BCUT2D eigenvalue weighted by Gasteiger charge is -2.26. The fourth-order valence-corrected chi connectivity index (χ4v) is 2.95. The van der Waals surface area contributed by atoms with Gasteiger partial charge in [-0.3, -0.25) is 0 Å². The zero-order chi connectivity index (χ0) is 14.3. The van der Waals surface area contributed by atoms with Gasteiger partial charge < -0.3 is 10.0 Å². The van der Waals surface area contributed by atoms with Gasteiger partial charge in [0.15, 0.2) is 5.82 Å². The number of aromatic carboxylic acids is 1. The number of benzene rings is 1. The lowest BCUT2D eigenvalue weighted by molar-refractivity contribution is 0.0695. The van der Waals surface area contributed by atoms with Gasteiger partial charge in [-0.15, -0.1) is 0 Å². The Morgan fingerprint density at radius 1 is 1.25 bits per heavy atom. The SMILES string of the molecule is O=C(O)c1ccc(N(CC2CC2)CC2CC2)c(F)c1Br. The number of hydrogen-bond acceptors (Lipinski definition) is 2. The molecule has 0 radical (unpaired) electrons. The average Bonchev–Trinajstić information content (AvgIpc) is 3.26. The van der Waals surface area contributed by atoms with Crippen molar-refractivity contribution in [2.75, 3.05) is 18.0 Å². The van der Waals surface area contributed by atoms with Crippen LogP contribution < -0.4 is 4.90 Å². The van der Waals surface area contributed by atoms with Crippen LogP contribution in [0.15, 0.2) is 16.6 Å². The standard InChI is InChI=1S/C15H17BrFNO2/c16-13-11(15(19)20)5-6-12(14(13)17)18(7-9-1-2-9)8-10-3-4-10/h5-6,9-10H,1-4,7-8H2,(H,19,20).